The molecule has 0 bridgehead atoms. The quantitative estimate of drug-likeness (QED) is 0.0445. The van der Waals surface area contributed by atoms with Crippen LogP contribution in [-0.4, -0.2) is 30.7 Å². The Hall–Kier alpha value is -0.0400. The van der Waals surface area contributed by atoms with Gasteiger partial charge in [0.2, 0.25) is 0 Å². The standard InChI is InChI=1S/C47H98N/c1-5-9-12-15-18-21-24-27-30-33-36-39-42-45-48(8-4,46-43-40-37-34-31-28-25-22-19-16-13-10-6-2)47-44-41-38-35-32-29-26-23-20-17-14-11-7-3/h5-47H2,1-4H3/q+1. The Morgan fingerprint density at radius 2 is 0.333 bits per heavy atom. The van der Waals surface area contributed by atoms with E-state index in [2.05, 4.69) is 27.7 Å². The van der Waals surface area contributed by atoms with E-state index in [1.807, 2.05) is 0 Å². The predicted molar refractivity (Wildman–Crippen MR) is 222 cm³/mol. The molecule has 0 unspecified atom stereocenters. The summed E-state index contributed by atoms with van der Waals surface area (Å²) in [6.07, 6.45) is 57.3. The third kappa shape index (κ3) is 35.8. The van der Waals surface area contributed by atoms with Gasteiger partial charge < -0.3 is 4.48 Å². The monoisotopic (exact) mass is 677 g/mol. The Balaban J connectivity index is 4.21. The Bertz CT molecular complexity index is 481. The molecule has 0 atom stereocenters. The summed E-state index contributed by atoms with van der Waals surface area (Å²) in [6.45, 7) is 15.2. The van der Waals surface area contributed by atoms with Crippen molar-refractivity contribution in [2.75, 3.05) is 26.2 Å². The van der Waals surface area contributed by atoms with Gasteiger partial charge in [0.05, 0.1) is 26.2 Å². The number of hydrogen-bond donors (Lipinski definition) is 0. The summed E-state index contributed by atoms with van der Waals surface area (Å²) in [6, 6.07) is 0. The van der Waals surface area contributed by atoms with Gasteiger partial charge >= 0.3 is 0 Å². The molecular weight excluding hydrogens is 579 g/mol. The minimum Gasteiger partial charge on any atom is -0.324 e. The minimum absolute atomic E-state index is 1.37. The molecule has 0 aromatic rings. The first kappa shape index (κ1) is 48.0. The van der Waals surface area contributed by atoms with Gasteiger partial charge in [-0.05, 0) is 45.4 Å². The van der Waals surface area contributed by atoms with E-state index in [1.54, 1.807) is 0 Å². The van der Waals surface area contributed by atoms with Crippen molar-refractivity contribution in [3.8, 4) is 0 Å². The van der Waals surface area contributed by atoms with Crippen molar-refractivity contribution < 1.29 is 4.48 Å². The lowest BCUT2D eigenvalue weighted by molar-refractivity contribution is -0.927. The van der Waals surface area contributed by atoms with E-state index in [9.17, 15) is 0 Å². The second-order valence-electron chi connectivity index (χ2n) is 16.6. The number of unbranched alkanes of at least 4 members (excludes halogenated alkanes) is 36. The van der Waals surface area contributed by atoms with E-state index in [0.717, 1.165) is 0 Å². The molecule has 0 aliphatic carbocycles. The summed E-state index contributed by atoms with van der Waals surface area (Å²) < 4.78 is 1.44. The Labute approximate surface area is 307 Å². The average molecular weight is 677 g/mol. The average Bonchev–Trinajstić information content (AvgIpc) is 3.10. The molecule has 0 saturated carbocycles. The summed E-state index contributed by atoms with van der Waals surface area (Å²) in [5.74, 6) is 0. The topological polar surface area (TPSA) is 0 Å². The second kappa shape index (κ2) is 41.4. The Kier molecular flexibility index (Phi) is 41.3. The molecule has 0 aromatic heterocycles. The van der Waals surface area contributed by atoms with E-state index in [0.29, 0.717) is 0 Å². The largest absolute Gasteiger partial charge is 0.324 e. The van der Waals surface area contributed by atoms with Gasteiger partial charge in [-0.2, -0.15) is 0 Å². The van der Waals surface area contributed by atoms with Gasteiger partial charge in [-0.3, -0.25) is 0 Å². The zero-order valence-electron chi connectivity index (χ0n) is 34.9. The van der Waals surface area contributed by atoms with Crippen molar-refractivity contribution in [2.24, 2.45) is 0 Å². The van der Waals surface area contributed by atoms with Crippen LogP contribution in [-0.2, 0) is 0 Å². The number of hydrogen-bond acceptors (Lipinski definition) is 0. The summed E-state index contributed by atoms with van der Waals surface area (Å²) in [5.41, 5.74) is 0. The van der Waals surface area contributed by atoms with Crippen molar-refractivity contribution >= 4 is 0 Å². The first-order valence-corrected chi connectivity index (χ1v) is 23.6. The molecule has 1 nitrogen and oxygen atoms in total. The van der Waals surface area contributed by atoms with Crippen LogP contribution in [0.5, 0.6) is 0 Å². The molecule has 0 aliphatic rings. The molecule has 0 spiro atoms. The van der Waals surface area contributed by atoms with Gasteiger partial charge in [-0.25, -0.2) is 0 Å². The maximum Gasteiger partial charge on any atom is 0.0786 e. The lowest BCUT2D eigenvalue weighted by Gasteiger charge is -2.38. The molecule has 0 aromatic carbocycles. The third-order valence-corrected chi connectivity index (χ3v) is 11.9. The van der Waals surface area contributed by atoms with E-state index >= 15 is 0 Å². The molecule has 290 valence electrons. The van der Waals surface area contributed by atoms with E-state index in [1.165, 1.54) is 281 Å². The van der Waals surface area contributed by atoms with E-state index < -0.39 is 0 Å². The fourth-order valence-electron chi connectivity index (χ4n) is 8.20. The third-order valence-electron chi connectivity index (χ3n) is 11.9. The molecule has 0 aliphatic heterocycles. The highest BCUT2D eigenvalue weighted by Crippen LogP contribution is 2.20. The van der Waals surface area contributed by atoms with Crippen LogP contribution < -0.4 is 0 Å². The zero-order valence-corrected chi connectivity index (χ0v) is 34.9. The highest BCUT2D eigenvalue weighted by atomic mass is 15.3. The van der Waals surface area contributed by atoms with Crippen LogP contribution in [0.2, 0.25) is 0 Å². The number of nitrogens with zero attached hydrogens (tertiary/aromatic N) is 1. The Morgan fingerprint density at radius 3 is 0.479 bits per heavy atom. The van der Waals surface area contributed by atoms with E-state index in [-0.39, 0.29) is 0 Å². The van der Waals surface area contributed by atoms with Gasteiger partial charge in [-0.1, -0.05) is 233 Å². The molecule has 0 saturated heterocycles. The lowest BCUT2D eigenvalue weighted by Crippen LogP contribution is -2.50. The first-order valence-electron chi connectivity index (χ1n) is 23.6. The van der Waals surface area contributed by atoms with E-state index in [4.69, 9.17) is 0 Å². The first-order chi connectivity index (χ1) is 23.7. The molecule has 0 N–H and O–H groups in total. The van der Waals surface area contributed by atoms with Crippen molar-refractivity contribution in [3.05, 3.63) is 0 Å². The number of rotatable bonds is 43. The van der Waals surface area contributed by atoms with Crippen LogP contribution in [0.25, 0.3) is 0 Å². The fraction of sp³-hybridized carbons (Fsp3) is 1.00. The Morgan fingerprint density at radius 1 is 0.188 bits per heavy atom. The maximum atomic E-state index is 2.52. The van der Waals surface area contributed by atoms with Crippen molar-refractivity contribution in [2.45, 2.75) is 278 Å². The smallest absolute Gasteiger partial charge is 0.0786 e. The summed E-state index contributed by atoms with van der Waals surface area (Å²) in [7, 11) is 0. The van der Waals surface area contributed by atoms with Crippen molar-refractivity contribution in [1.82, 2.24) is 0 Å². The van der Waals surface area contributed by atoms with Crippen molar-refractivity contribution in [1.29, 1.82) is 0 Å². The van der Waals surface area contributed by atoms with Crippen LogP contribution in [0.4, 0.5) is 0 Å². The van der Waals surface area contributed by atoms with Crippen LogP contribution in [0.1, 0.15) is 278 Å². The SMILES string of the molecule is CCCCCCCCCCCCCCC[N+](CC)(CCCCCCCCCCCCCCC)CCCCCCCCCCCCCCC. The summed E-state index contributed by atoms with van der Waals surface area (Å²) >= 11 is 0. The van der Waals surface area contributed by atoms with Gasteiger partial charge in [0, 0.05) is 0 Å². The highest BCUT2D eigenvalue weighted by Gasteiger charge is 2.23. The molecule has 1 heteroatoms. The molecule has 0 heterocycles. The van der Waals surface area contributed by atoms with Gasteiger partial charge in [-0.15, -0.1) is 0 Å². The molecule has 0 radical (unpaired) electrons. The fourth-order valence-corrected chi connectivity index (χ4v) is 8.20. The van der Waals surface area contributed by atoms with Crippen molar-refractivity contribution in [3.63, 3.8) is 0 Å². The summed E-state index contributed by atoms with van der Waals surface area (Å²) in [5, 5.41) is 0. The van der Waals surface area contributed by atoms with Crippen LogP contribution in [0.15, 0.2) is 0 Å². The van der Waals surface area contributed by atoms with Gasteiger partial charge in [0.15, 0.2) is 0 Å². The second-order valence-corrected chi connectivity index (χ2v) is 16.6. The molecule has 0 fully saturated rings. The highest BCUT2D eigenvalue weighted by molar-refractivity contribution is 4.55. The normalized spacial score (nSPS) is 12.0. The van der Waals surface area contributed by atoms with Gasteiger partial charge in [0.1, 0.15) is 0 Å². The zero-order chi connectivity index (χ0) is 34.9. The molecular formula is C47H98N+. The van der Waals surface area contributed by atoms with Crippen LogP contribution >= 0.6 is 0 Å². The van der Waals surface area contributed by atoms with Crippen LogP contribution in [0.3, 0.4) is 0 Å². The maximum absolute atomic E-state index is 2.52. The lowest BCUT2D eigenvalue weighted by atomic mass is 10.0. The number of quaternary nitrogens is 1. The minimum atomic E-state index is 1.37. The van der Waals surface area contributed by atoms with Crippen LogP contribution in [0, 0.1) is 0 Å². The van der Waals surface area contributed by atoms with Gasteiger partial charge in [0.25, 0.3) is 0 Å². The molecule has 0 amide bonds. The summed E-state index contributed by atoms with van der Waals surface area (Å²) in [4.78, 5) is 0. The molecule has 48 heavy (non-hydrogen) atoms. The predicted octanol–water partition coefficient (Wildman–Crippen LogP) is 17.1. The molecule has 0 rings (SSSR count).